The first-order valence-electron chi connectivity index (χ1n) is 6.83. The van der Waals surface area contributed by atoms with Gasteiger partial charge in [-0.3, -0.25) is 9.59 Å². The molecule has 1 aliphatic rings. The number of halogens is 3. The van der Waals surface area contributed by atoms with Crippen molar-refractivity contribution in [1.29, 1.82) is 0 Å². The maximum Gasteiger partial charge on any atom is 0.446 e. The molecule has 0 saturated carbocycles. The fraction of sp³-hybridized carbons (Fsp3) is 0.0625. The smallest absolute Gasteiger partial charge is 0.324 e. The van der Waals surface area contributed by atoms with Crippen molar-refractivity contribution < 1.29 is 32.4 Å². The number of rotatable bonds is 3. The summed E-state index contributed by atoms with van der Waals surface area (Å²) in [5.74, 6) is -2.94. The van der Waals surface area contributed by atoms with E-state index in [-0.39, 0.29) is 16.2 Å². The summed E-state index contributed by atoms with van der Waals surface area (Å²) >= 11 is -0.487. The molecule has 5 nitrogen and oxygen atoms in total. The van der Waals surface area contributed by atoms with Crippen molar-refractivity contribution in [2.45, 2.75) is 10.4 Å². The van der Waals surface area contributed by atoms with Crippen LogP contribution in [0.15, 0.2) is 53.4 Å². The molecule has 0 saturated heterocycles. The predicted molar refractivity (Wildman–Crippen MR) is 80.7 cm³/mol. The van der Waals surface area contributed by atoms with Gasteiger partial charge in [-0.05, 0) is 36.0 Å². The van der Waals surface area contributed by atoms with Crippen LogP contribution in [0.3, 0.4) is 0 Å². The van der Waals surface area contributed by atoms with E-state index in [9.17, 15) is 27.6 Å². The third-order valence-corrected chi connectivity index (χ3v) is 4.07. The number of thioether (sulfide) groups is 1. The molecule has 0 aromatic heterocycles. The van der Waals surface area contributed by atoms with Crippen LogP contribution in [0, 0.1) is 0 Å². The van der Waals surface area contributed by atoms with Gasteiger partial charge in [0.15, 0.2) is 0 Å². The molecular formula is C16H8F3NO4S. The minimum Gasteiger partial charge on any atom is -0.324 e. The highest BCUT2D eigenvalue weighted by atomic mass is 32.2. The van der Waals surface area contributed by atoms with E-state index in [0.717, 1.165) is 12.1 Å². The Morgan fingerprint density at radius 1 is 0.920 bits per heavy atom. The Kier molecular flexibility index (Phi) is 4.25. The molecule has 25 heavy (non-hydrogen) atoms. The zero-order valence-electron chi connectivity index (χ0n) is 12.2. The quantitative estimate of drug-likeness (QED) is 0.612. The van der Waals surface area contributed by atoms with E-state index in [1.807, 2.05) is 0 Å². The molecule has 0 N–H and O–H groups in total. The molecule has 128 valence electrons. The van der Waals surface area contributed by atoms with E-state index in [1.165, 1.54) is 36.4 Å². The van der Waals surface area contributed by atoms with E-state index in [1.54, 1.807) is 0 Å². The summed E-state index contributed by atoms with van der Waals surface area (Å²) in [6.45, 7) is 0. The zero-order valence-corrected chi connectivity index (χ0v) is 13.1. The van der Waals surface area contributed by atoms with Crippen molar-refractivity contribution in [3.05, 3.63) is 65.2 Å². The summed E-state index contributed by atoms with van der Waals surface area (Å²) in [5, 5.41) is 0.252. The monoisotopic (exact) mass is 367 g/mol. The third kappa shape index (κ3) is 3.36. The lowest BCUT2D eigenvalue weighted by molar-refractivity contribution is -0.0587. The van der Waals surface area contributed by atoms with E-state index in [2.05, 4.69) is 0 Å². The Balaban J connectivity index is 1.85. The Morgan fingerprint density at radius 3 is 2.00 bits per heavy atom. The van der Waals surface area contributed by atoms with E-state index < -0.39 is 45.5 Å². The van der Waals surface area contributed by atoms with Crippen LogP contribution in [-0.2, 0) is 4.84 Å². The van der Waals surface area contributed by atoms with E-state index in [4.69, 9.17) is 4.84 Å². The van der Waals surface area contributed by atoms with Gasteiger partial charge in [-0.15, -0.1) is 0 Å². The van der Waals surface area contributed by atoms with Gasteiger partial charge in [0.25, 0.3) is 11.8 Å². The number of hydrogen-bond donors (Lipinski definition) is 0. The number of fused-ring (bicyclic) bond motifs is 1. The topological polar surface area (TPSA) is 63.7 Å². The number of alkyl halides is 3. The second-order valence-corrected chi connectivity index (χ2v) is 5.98. The number of carbonyl (C=O) groups excluding carboxylic acids is 3. The van der Waals surface area contributed by atoms with Gasteiger partial charge in [-0.1, -0.05) is 29.3 Å². The average molecular weight is 367 g/mol. The standard InChI is InChI=1S/C16H8F3NO4S/c17-16(18,19)25-12-8-4-3-7-11(12)15(23)24-20-13(21)9-5-1-2-6-10(9)14(20)22/h1-8H. The molecule has 0 bridgehead atoms. The van der Waals surface area contributed by atoms with Gasteiger partial charge in [0.05, 0.1) is 16.7 Å². The Morgan fingerprint density at radius 2 is 1.44 bits per heavy atom. The fourth-order valence-corrected chi connectivity index (χ4v) is 2.89. The molecule has 0 fully saturated rings. The molecule has 0 atom stereocenters. The average Bonchev–Trinajstić information content (AvgIpc) is 2.79. The molecule has 2 aromatic rings. The van der Waals surface area contributed by atoms with E-state index in [0.29, 0.717) is 0 Å². The molecule has 0 spiro atoms. The lowest BCUT2D eigenvalue weighted by atomic mass is 10.1. The lowest BCUT2D eigenvalue weighted by Crippen LogP contribution is -2.32. The van der Waals surface area contributed by atoms with Crippen LogP contribution in [0.25, 0.3) is 0 Å². The van der Waals surface area contributed by atoms with Crippen LogP contribution in [0.5, 0.6) is 0 Å². The number of benzene rings is 2. The second-order valence-electron chi connectivity index (χ2n) is 4.87. The Bertz CT molecular complexity index is 847. The van der Waals surface area contributed by atoms with Crippen LogP contribution < -0.4 is 0 Å². The Labute approximate surface area is 143 Å². The lowest BCUT2D eigenvalue weighted by Gasteiger charge is -2.14. The number of nitrogens with zero attached hydrogens (tertiary/aromatic N) is 1. The van der Waals surface area contributed by atoms with Gasteiger partial charge >= 0.3 is 11.5 Å². The molecule has 0 unspecified atom stereocenters. The van der Waals surface area contributed by atoms with Crippen LogP contribution in [0.1, 0.15) is 31.1 Å². The largest absolute Gasteiger partial charge is 0.446 e. The highest BCUT2D eigenvalue weighted by molar-refractivity contribution is 8.00. The predicted octanol–water partition coefficient (Wildman–Crippen LogP) is 3.67. The molecule has 0 radical (unpaired) electrons. The van der Waals surface area contributed by atoms with Crippen LogP contribution in [-0.4, -0.2) is 28.4 Å². The van der Waals surface area contributed by atoms with Gasteiger partial charge in [-0.2, -0.15) is 13.2 Å². The Hall–Kier alpha value is -2.81. The highest BCUT2D eigenvalue weighted by Crippen LogP contribution is 2.38. The normalized spacial score (nSPS) is 13.8. The molecule has 2 amide bonds. The first-order valence-corrected chi connectivity index (χ1v) is 7.64. The van der Waals surface area contributed by atoms with Crippen molar-refractivity contribution in [3.8, 4) is 0 Å². The maximum atomic E-state index is 12.6. The third-order valence-electron chi connectivity index (χ3n) is 3.26. The van der Waals surface area contributed by atoms with Crippen LogP contribution in [0.2, 0.25) is 0 Å². The fourth-order valence-electron chi connectivity index (χ4n) is 2.23. The number of hydroxylamine groups is 2. The maximum absolute atomic E-state index is 12.6. The van der Waals surface area contributed by atoms with Gasteiger partial charge in [0, 0.05) is 4.90 Å². The number of carbonyl (C=O) groups is 3. The summed E-state index contributed by atoms with van der Waals surface area (Å²) < 4.78 is 37.8. The first kappa shape index (κ1) is 17.0. The van der Waals surface area contributed by atoms with Gasteiger partial charge in [0.1, 0.15) is 0 Å². The highest BCUT2D eigenvalue weighted by Gasteiger charge is 2.39. The number of amides is 2. The van der Waals surface area contributed by atoms with Crippen molar-refractivity contribution in [1.82, 2.24) is 5.06 Å². The van der Waals surface area contributed by atoms with E-state index >= 15 is 0 Å². The number of imide groups is 1. The molecule has 9 heteroatoms. The zero-order chi connectivity index (χ0) is 18.2. The minimum atomic E-state index is -4.61. The van der Waals surface area contributed by atoms with Gasteiger partial charge in [-0.25, -0.2) is 4.79 Å². The molecule has 1 aliphatic heterocycles. The van der Waals surface area contributed by atoms with Crippen molar-refractivity contribution in [3.63, 3.8) is 0 Å². The number of hydrogen-bond acceptors (Lipinski definition) is 5. The summed E-state index contributed by atoms with van der Waals surface area (Å²) in [5.41, 5.74) is -4.90. The van der Waals surface area contributed by atoms with Crippen LogP contribution >= 0.6 is 11.8 Å². The van der Waals surface area contributed by atoms with Crippen molar-refractivity contribution >= 4 is 29.5 Å². The summed E-state index contributed by atoms with van der Waals surface area (Å²) in [6, 6.07) is 10.7. The van der Waals surface area contributed by atoms with Crippen molar-refractivity contribution in [2.75, 3.05) is 0 Å². The molecule has 0 aliphatic carbocycles. The molecule has 2 aromatic carbocycles. The SMILES string of the molecule is O=C(ON1C(=O)c2ccccc2C1=O)c1ccccc1SC(F)(F)F. The van der Waals surface area contributed by atoms with Crippen molar-refractivity contribution in [2.24, 2.45) is 0 Å². The molecule has 1 heterocycles. The minimum absolute atomic E-state index is 0.0539. The van der Waals surface area contributed by atoms with Gasteiger partial charge in [0.2, 0.25) is 0 Å². The summed E-state index contributed by atoms with van der Waals surface area (Å²) in [7, 11) is 0. The molecular weight excluding hydrogens is 359 g/mol. The van der Waals surface area contributed by atoms with Crippen LogP contribution in [0.4, 0.5) is 13.2 Å². The summed E-state index contributed by atoms with van der Waals surface area (Å²) in [4.78, 5) is 40.8. The second kappa shape index (κ2) is 6.25. The van der Waals surface area contributed by atoms with Gasteiger partial charge < -0.3 is 4.84 Å². The molecule has 3 rings (SSSR count). The first-order chi connectivity index (χ1) is 11.8. The summed E-state index contributed by atoms with van der Waals surface area (Å²) in [6.07, 6.45) is 0.